The second-order valence-corrected chi connectivity index (χ2v) is 5.62. The molecule has 0 aliphatic carbocycles. The summed E-state index contributed by atoms with van der Waals surface area (Å²) >= 11 is 0. The molecule has 0 unspecified atom stereocenters. The van der Waals surface area contributed by atoms with E-state index in [4.69, 9.17) is 5.73 Å². The lowest BCUT2D eigenvalue weighted by molar-refractivity contribution is -0.274. The molecule has 2 N–H and O–H groups in total. The average Bonchev–Trinajstić information content (AvgIpc) is 2.59. The zero-order valence-electron chi connectivity index (χ0n) is 14.8. The molecular formula is C18H21F3N4O. The lowest BCUT2D eigenvalue weighted by atomic mass is 10.1. The van der Waals surface area contributed by atoms with Crippen LogP contribution in [0.4, 0.5) is 19.0 Å². The summed E-state index contributed by atoms with van der Waals surface area (Å²) in [5.41, 5.74) is 7.90. The Labute approximate surface area is 150 Å². The molecule has 1 aromatic carbocycles. The number of hydrogen-bond acceptors (Lipinski definition) is 5. The van der Waals surface area contributed by atoms with Gasteiger partial charge in [0.05, 0.1) is 5.69 Å². The summed E-state index contributed by atoms with van der Waals surface area (Å²) in [7, 11) is 1.87. The van der Waals surface area contributed by atoms with Gasteiger partial charge in [0.2, 0.25) is 0 Å². The van der Waals surface area contributed by atoms with Gasteiger partial charge in [-0.1, -0.05) is 13.0 Å². The third kappa shape index (κ3) is 4.95. The van der Waals surface area contributed by atoms with Crippen LogP contribution < -0.4 is 15.4 Å². The van der Waals surface area contributed by atoms with Crippen LogP contribution in [-0.2, 0) is 6.54 Å². The highest BCUT2D eigenvalue weighted by atomic mass is 19.4. The number of nitrogens with zero attached hydrogens (tertiary/aromatic N) is 3. The van der Waals surface area contributed by atoms with E-state index in [2.05, 4.69) is 14.7 Å². The highest BCUT2D eigenvalue weighted by molar-refractivity contribution is 5.61. The van der Waals surface area contributed by atoms with Gasteiger partial charge in [0.25, 0.3) is 0 Å². The van der Waals surface area contributed by atoms with Gasteiger partial charge in [0.15, 0.2) is 5.82 Å². The second kappa shape index (κ2) is 8.18. The lowest BCUT2D eigenvalue weighted by Gasteiger charge is -2.19. The Morgan fingerprint density at radius 2 is 1.85 bits per heavy atom. The number of nitrogens with two attached hydrogens (primary N) is 1. The Balaban J connectivity index is 2.41. The number of benzene rings is 1. The van der Waals surface area contributed by atoms with Crippen LogP contribution in [0.1, 0.15) is 24.6 Å². The maximum atomic E-state index is 12.3. The van der Waals surface area contributed by atoms with E-state index in [9.17, 15) is 13.2 Å². The first-order valence-electron chi connectivity index (χ1n) is 8.08. The quantitative estimate of drug-likeness (QED) is 0.831. The number of anilines is 1. The molecule has 0 bridgehead atoms. The normalized spacial score (nSPS) is 11.8. The molecule has 0 atom stereocenters. The number of hydrogen-bond donors (Lipinski definition) is 1. The van der Waals surface area contributed by atoms with Crippen LogP contribution in [0.15, 0.2) is 36.5 Å². The number of allylic oxidation sites excluding steroid dienone is 1. The fourth-order valence-electron chi connectivity index (χ4n) is 2.36. The standard InChI is InChI=1S/C18H21F3N4O/c1-4-5-10-25(3)17-12(2)15(11-22)23-16(24-17)13-6-8-14(9-7-13)26-18(19,20)21/h5-10H,4,11,22H2,1-3H3/b10-5+. The zero-order chi connectivity index (χ0) is 19.3. The van der Waals surface area contributed by atoms with Crippen molar-refractivity contribution in [3.8, 4) is 17.1 Å². The third-order valence-electron chi connectivity index (χ3n) is 3.66. The third-order valence-corrected chi connectivity index (χ3v) is 3.66. The van der Waals surface area contributed by atoms with Crippen LogP contribution in [0.2, 0.25) is 0 Å². The highest BCUT2D eigenvalue weighted by Gasteiger charge is 2.31. The van der Waals surface area contributed by atoms with Gasteiger partial charge in [-0.15, -0.1) is 13.2 Å². The molecule has 0 radical (unpaired) electrons. The summed E-state index contributed by atoms with van der Waals surface area (Å²) in [6.07, 6.45) is 0.0497. The van der Waals surface area contributed by atoms with E-state index in [1.165, 1.54) is 24.3 Å². The lowest BCUT2D eigenvalue weighted by Crippen LogP contribution is -2.17. The van der Waals surface area contributed by atoms with Gasteiger partial charge < -0.3 is 15.4 Å². The monoisotopic (exact) mass is 366 g/mol. The van der Waals surface area contributed by atoms with Gasteiger partial charge in [0.1, 0.15) is 11.6 Å². The van der Waals surface area contributed by atoms with E-state index in [1.807, 2.05) is 38.1 Å². The first-order chi connectivity index (χ1) is 12.2. The Morgan fingerprint density at radius 3 is 2.38 bits per heavy atom. The summed E-state index contributed by atoms with van der Waals surface area (Å²) in [4.78, 5) is 10.9. The first-order valence-corrected chi connectivity index (χ1v) is 8.08. The van der Waals surface area contributed by atoms with Crippen molar-refractivity contribution in [2.24, 2.45) is 5.73 Å². The maximum absolute atomic E-state index is 12.3. The fourth-order valence-corrected chi connectivity index (χ4v) is 2.36. The average molecular weight is 366 g/mol. The SMILES string of the molecule is CC/C=C/N(C)c1nc(-c2ccc(OC(F)(F)F)cc2)nc(CN)c1C. The van der Waals surface area contributed by atoms with Gasteiger partial charge in [-0.2, -0.15) is 0 Å². The van der Waals surface area contributed by atoms with Gasteiger partial charge in [-0.3, -0.25) is 0 Å². The van der Waals surface area contributed by atoms with Crippen LogP contribution in [0.5, 0.6) is 5.75 Å². The molecule has 0 aliphatic rings. The van der Waals surface area contributed by atoms with Crippen molar-refractivity contribution in [3.63, 3.8) is 0 Å². The van der Waals surface area contributed by atoms with Crippen molar-refractivity contribution in [3.05, 3.63) is 47.8 Å². The summed E-state index contributed by atoms with van der Waals surface area (Å²) < 4.78 is 40.7. The minimum absolute atomic E-state index is 0.231. The van der Waals surface area contributed by atoms with Crippen LogP contribution in [0, 0.1) is 6.92 Å². The maximum Gasteiger partial charge on any atom is 0.573 e. The number of alkyl halides is 3. The van der Waals surface area contributed by atoms with Crippen molar-refractivity contribution >= 4 is 5.82 Å². The van der Waals surface area contributed by atoms with E-state index < -0.39 is 6.36 Å². The smallest absolute Gasteiger partial charge is 0.406 e. The molecule has 0 fully saturated rings. The summed E-state index contributed by atoms with van der Waals surface area (Å²) in [6, 6.07) is 5.43. The van der Waals surface area contributed by atoms with Gasteiger partial charge in [-0.05, 0) is 37.6 Å². The molecule has 0 saturated carbocycles. The Morgan fingerprint density at radius 1 is 1.19 bits per heavy atom. The van der Waals surface area contributed by atoms with Crippen molar-refractivity contribution in [2.75, 3.05) is 11.9 Å². The number of aromatic nitrogens is 2. The molecule has 0 amide bonds. The first kappa shape index (κ1) is 19.7. The molecule has 0 aliphatic heterocycles. The van der Waals surface area contributed by atoms with Gasteiger partial charge in [-0.25, -0.2) is 9.97 Å². The minimum Gasteiger partial charge on any atom is -0.406 e. The van der Waals surface area contributed by atoms with Crippen LogP contribution in [0.25, 0.3) is 11.4 Å². The van der Waals surface area contributed by atoms with Crippen molar-refractivity contribution in [1.29, 1.82) is 0 Å². The molecule has 5 nitrogen and oxygen atoms in total. The summed E-state index contributed by atoms with van der Waals surface area (Å²) in [6.45, 7) is 4.14. The summed E-state index contributed by atoms with van der Waals surface area (Å²) in [5, 5.41) is 0. The number of ether oxygens (including phenoxy) is 1. The largest absolute Gasteiger partial charge is 0.573 e. The van der Waals surface area contributed by atoms with E-state index in [0.29, 0.717) is 22.9 Å². The van der Waals surface area contributed by atoms with E-state index >= 15 is 0 Å². The Bertz CT molecular complexity index is 773. The molecule has 1 heterocycles. The second-order valence-electron chi connectivity index (χ2n) is 5.62. The predicted octanol–water partition coefficient (Wildman–Crippen LogP) is 4.17. The fraction of sp³-hybridized carbons (Fsp3) is 0.333. The number of halogens is 3. The Hall–Kier alpha value is -2.61. The van der Waals surface area contributed by atoms with Gasteiger partial charge in [0, 0.05) is 30.9 Å². The zero-order valence-corrected chi connectivity index (χ0v) is 14.8. The molecule has 8 heteroatoms. The van der Waals surface area contributed by atoms with E-state index in [1.54, 1.807) is 0 Å². The molecule has 2 rings (SSSR count). The number of rotatable bonds is 6. The molecule has 140 valence electrons. The van der Waals surface area contributed by atoms with E-state index in [-0.39, 0.29) is 12.3 Å². The molecule has 0 saturated heterocycles. The molecule has 2 aromatic rings. The predicted molar refractivity (Wildman–Crippen MR) is 94.6 cm³/mol. The molecule has 0 spiro atoms. The van der Waals surface area contributed by atoms with Gasteiger partial charge >= 0.3 is 6.36 Å². The van der Waals surface area contributed by atoms with Crippen LogP contribution in [-0.4, -0.2) is 23.4 Å². The molecular weight excluding hydrogens is 345 g/mol. The van der Waals surface area contributed by atoms with Crippen LogP contribution >= 0.6 is 0 Å². The topological polar surface area (TPSA) is 64.3 Å². The minimum atomic E-state index is -4.73. The molecule has 26 heavy (non-hydrogen) atoms. The van der Waals surface area contributed by atoms with E-state index in [0.717, 1.165) is 12.0 Å². The van der Waals surface area contributed by atoms with Crippen LogP contribution in [0.3, 0.4) is 0 Å². The highest BCUT2D eigenvalue weighted by Crippen LogP contribution is 2.27. The summed E-state index contributed by atoms with van der Waals surface area (Å²) in [5.74, 6) is 0.785. The molecule has 1 aromatic heterocycles. The Kier molecular flexibility index (Phi) is 6.20. The van der Waals surface area contributed by atoms with Crippen molar-refractivity contribution in [2.45, 2.75) is 33.2 Å². The van der Waals surface area contributed by atoms with Crippen molar-refractivity contribution < 1.29 is 17.9 Å². The van der Waals surface area contributed by atoms with Crippen molar-refractivity contribution in [1.82, 2.24) is 9.97 Å².